The number of nitrogens with zero attached hydrogens (tertiary/aromatic N) is 2. The molecule has 0 aromatic heterocycles. The van der Waals surface area contributed by atoms with Gasteiger partial charge < -0.3 is 19.7 Å². The largest absolute Gasteiger partial charge is 0.497 e. The van der Waals surface area contributed by atoms with E-state index < -0.39 is 11.8 Å². The lowest BCUT2D eigenvalue weighted by Gasteiger charge is -2.44. The molecule has 1 N–H and O–H groups in total. The Kier molecular flexibility index (Phi) is 7.40. The summed E-state index contributed by atoms with van der Waals surface area (Å²) >= 11 is 0. The maximum absolute atomic E-state index is 13.7. The molecule has 2 aromatic rings. The van der Waals surface area contributed by atoms with Gasteiger partial charge in [0.25, 0.3) is 11.8 Å². The van der Waals surface area contributed by atoms with E-state index in [4.69, 9.17) is 9.47 Å². The first-order valence-corrected chi connectivity index (χ1v) is 12.1. The fraction of sp³-hybridized carbons (Fsp3) is 0.444. The number of methoxy groups -OCH3 is 1. The van der Waals surface area contributed by atoms with Crippen LogP contribution in [0.1, 0.15) is 52.5 Å². The van der Waals surface area contributed by atoms with Crippen molar-refractivity contribution in [3.05, 3.63) is 65.2 Å². The molecule has 2 fully saturated rings. The summed E-state index contributed by atoms with van der Waals surface area (Å²) in [6.45, 7) is 5.43. The number of rotatable bonds is 6. The summed E-state index contributed by atoms with van der Waals surface area (Å²) < 4.78 is 11.5. The van der Waals surface area contributed by atoms with Gasteiger partial charge in [0, 0.05) is 43.6 Å². The zero-order valence-electron chi connectivity index (χ0n) is 20.6. The van der Waals surface area contributed by atoms with Gasteiger partial charge in [0.2, 0.25) is 5.91 Å². The third-order valence-electron chi connectivity index (χ3n) is 6.88. The Morgan fingerprint density at radius 2 is 1.74 bits per heavy atom. The average Bonchev–Trinajstić information content (AvgIpc) is 3.25. The maximum Gasteiger partial charge on any atom is 0.256 e. The summed E-state index contributed by atoms with van der Waals surface area (Å²) in [5.41, 5.74) is 1.13. The Morgan fingerprint density at radius 3 is 2.37 bits per heavy atom. The second-order valence-electron chi connectivity index (χ2n) is 9.07. The smallest absolute Gasteiger partial charge is 0.256 e. The van der Waals surface area contributed by atoms with Crippen molar-refractivity contribution in [3.8, 4) is 5.75 Å². The Morgan fingerprint density at radius 1 is 1.06 bits per heavy atom. The van der Waals surface area contributed by atoms with Gasteiger partial charge in [-0.1, -0.05) is 25.1 Å². The molecule has 2 aromatic carbocycles. The molecular weight excluding hydrogens is 446 g/mol. The molecule has 1 atom stereocenters. The molecular formula is C27H33N3O5. The van der Waals surface area contributed by atoms with Crippen LogP contribution in [0.5, 0.6) is 5.75 Å². The van der Waals surface area contributed by atoms with Crippen LogP contribution in [0, 0.1) is 6.92 Å². The first-order valence-electron chi connectivity index (χ1n) is 12.1. The van der Waals surface area contributed by atoms with Crippen molar-refractivity contribution in [2.45, 2.75) is 44.9 Å². The predicted octanol–water partition coefficient (Wildman–Crippen LogP) is 3.00. The third kappa shape index (κ3) is 4.89. The summed E-state index contributed by atoms with van der Waals surface area (Å²) in [6.07, 6.45) is 1.67. The number of carbonyl (C=O) groups excluding carboxylic acids is 3. The van der Waals surface area contributed by atoms with Crippen molar-refractivity contribution in [2.75, 3.05) is 33.4 Å². The second-order valence-corrected chi connectivity index (χ2v) is 9.07. The van der Waals surface area contributed by atoms with E-state index >= 15 is 0 Å². The first kappa shape index (κ1) is 24.7. The van der Waals surface area contributed by atoms with E-state index in [-0.39, 0.29) is 24.3 Å². The van der Waals surface area contributed by atoms with Gasteiger partial charge in [-0.15, -0.1) is 0 Å². The highest BCUT2D eigenvalue weighted by molar-refractivity contribution is 5.99. The Hall–Kier alpha value is -3.39. The van der Waals surface area contributed by atoms with E-state index in [0.29, 0.717) is 49.4 Å². The number of aryl methyl sites for hydroxylation is 1. The number of hydrogen-bond acceptors (Lipinski definition) is 5. The van der Waals surface area contributed by atoms with Crippen LogP contribution < -0.4 is 10.1 Å². The van der Waals surface area contributed by atoms with E-state index in [9.17, 15) is 14.4 Å². The fourth-order valence-corrected chi connectivity index (χ4v) is 4.85. The SMILES string of the molecule is CCCNC(=O)C1COC2(CCN(C(=O)c3ccccc3C)CC2)N1C(=O)c1ccc(OC)cc1. The zero-order valence-corrected chi connectivity index (χ0v) is 20.6. The lowest BCUT2D eigenvalue weighted by atomic mass is 9.95. The van der Waals surface area contributed by atoms with Crippen LogP contribution in [-0.4, -0.2) is 72.6 Å². The number of nitrogens with one attached hydrogen (secondary N) is 1. The number of benzene rings is 2. The first-order chi connectivity index (χ1) is 16.9. The quantitative estimate of drug-likeness (QED) is 0.688. The molecule has 0 bridgehead atoms. The molecule has 1 spiro atoms. The van der Waals surface area contributed by atoms with Gasteiger partial charge in [-0.05, 0) is 49.2 Å². The molecule has 2 aliphatic heterocycles. The van der Waals surface area contributed by atoms with E-state index in [1.807, 2.05) is 38.1 Å². The van der Waals surface area contributed by atoms with E-state index in [0.717, 1.165) is 12.0 Å². The number of amides is 3. The van der Waals surface area contributed by atoms with Crippen molar-refractivity contribution >= 4 is 17.7 Å². The van der Waals surface area contributed by atoms with E-state index in [2.05, 4.69) is 5.32 Å². The summed E-state index contributed by atoms with van der Waals surface area (Å²) in [7, 11) is 1.57. The minimum absolute atomic E-state index is 0.0267. The minimum Gasteiger partial charge on any atom is -0.497 e. The van der Waals surface area contributed by atoms with Crippen LogP contribution in [-0.2, 0) is 9.53 Å². The fourth-order valence-electron chi connectivity index (χ4n) is 4.85. The van der Waals surface area contributed by atoms with Gasteiger partial charge in [0.05, 0.1) is 13.7 Å². The predicted molar refractivity (Wildman–Crippen MR) is 131 cm³/mol. The van der Waals surface area contributed by atoms with E-state index in [1.54, 1.807) is 41.2 Å². The topological polar surface area (TPSA) is 88.2 Å². The highest BCUT2D eigenvalue weighted by atomic mass is 16.5. The van der Waals surface area contributed by atoms with Crippen LogP contribution in [0.4, 0.5) is 0 Å². The minimum atomic E-state index is -0.937. The summed E-state index contributed by atoms with van der Waals surface area (Å²) in [6, 6.07) is 13.7. The van der Waals surface area contributed by atoms with Gasteiger partial charge in [-0.25, -0.2) is 0 Å². The summed E-state index contributed by atoms with van der Waals surface area (Å²) in [4.78, 5) is 43.3. The van der Waals surface area contributed by atoms with Gasteiger partial charge in [0.15, 0.2) is 0 Å². The molecule has 4 rings (SSSR count). The lowest BCUT2D eigenvalue weighted by molar-refractivity contribution is -0.128. The molecule has 2 aliphatic rings. The Balaban J connectivity index is 1.57. The second kappa shape index (κ2) is 10.5. The molecule has 2 saturated heterocycles. The highest BCUT2D eigenvalue weighted by Crippen LogP contribution is 2.39. The molecule has 8 nitrogen and oxygen atoms in total. The summed E-state index contributed by atoms with van der Waals surface area (Å²) in [5, 5.41) is 2.91. The lowest BCUT2D eigenvalue weighted by Crippen LogP contribution is -2.59. The van der Waals surface area contributed by atoms with Crippen molar-refractivity contribution < 1.29 is 23.9 Å². The maximum atomic E-state index is 13.7. The van der Waals surface area contributed by atoms with Crippen LogP contribution >= 0.6 is 0 Å². The van der Waals surface area contributed by atoms with Crippen LogP contribution in [0.3, 0.4) is 0 Å². The van der Waals surface area contributed by atoms with Crippen LogP contribution in [0.25, 0.3) is 0 Å². The number of hydrogen-bond donors (Lipinski definition) is 1. The monoisotopic (exact) mass is 479 g/mol. The van der Waals surface area contributed by atoms with Crippen molar-refractivity contribution in [3.63, 3.8) is 0 Å². The molecule has 0 radical (unpaired) electrons. The van der Waals surface area contributed by atoms with Gasteiger partial charge >= 0.3 is 0 Å². The van der Waals surface area contributed by atoms with Crippen LogP contribution in [0.2, 0.25) is 0 Å². The number of ether oxygens (including phenoxy) is 2. The molecule has 2 heterocycles. The number of piperidine rings is 1. The average molecular weight is 480 g/mol. The normalized spacial score (nSPS) is 19.0. The van der Waals surface area contributed by atoms with Gasteiger partial charge in [0.1, 0.15) is 17.5 Å². The third-order valence-corrected chi connectivity index (χ3v) is 6.88. The summed E-state index contributed by atoms with van der Waals surface area (Å²) in [5.74, 6) is 0.139. The molecule has 8 heteroatoms. The van der Waals surface area contributed by atoms with Crippen LogP contribution in [0.15, 0.2) is 48.5 Å². The molecule has 3 amide bonds. The van der Waals surface area contributed by atoms with Crippen molar-refractivity contribution in [2.24, 2.45) is 0 Å². The molecule has 0 saturated carbocycles. The highest BCUT2D eigenvalue weighted by Gasteiger charge is 2.54. The standard InChI is InChI=1S/C27H33N3O5/c1-4-15-28-24(31)23-18-35-27(30(23)25(32)20-9-11-21(34-3)12-10-20)13-16-29(17-14-27)26(33)22-8-6-5-7-19(22)2/h5-12,23H,4,13-18H2,1-3H3,(H,28,31). The molecule has 0 aliphatic carbocycles. The van der Waals surface area contributed by atoms with Gasteiger partial charge in [-0.3, -0.25) is 19.3 Å². The van der Waals surface area contributed by atoms with Gasteiger partial charge in [-0.2, -0.15) is 0 Å². The van der Waals surface area contributed by atoms with Crippen molar-refractivity contribution in [1.29, 1.82) is 0 Å². The van der Waals surface area contributed by atoms with E-state index in [1.165, 1.54) is 0 Å². The number of carbonyl (C=O) groups is 3. The molecule has 1 unspecified atom stereocenters. The Labute approximate surface area is 206 Å². The number of likely N-dealkylation sites (tertiary alicyclic amines) is 1. The molecule has 35 heavy (non-hydrogen) atoms. The Bertz CT molecular complexity index is 1080. The zero-order chi connectivity index (χ0) is 25.0. The van der Waals surface area contributed by atoms with Crippen molar-refractivity contribution in [1.82, 2.24) is 15.1 Å². The molecule has 186 valence electrons.